The zero-order chi connectivity index (χ0) is 12.2. The first-order chi connectivity index (χ1) is 7.42. The second kappa shape index (κ2) is 6.01. The first-order valence-corrected chi connectivity index (χ1v) is 8.41. The average Bonchev–Trinajstić information content (AvgIpc) is 2.25. The third-order valence-electron chi connectivity index (χ3n) is 3.90. The molecule has 0 aromatic heterocycles. The topological polar surface area (TPSA) is 60.2 Å². The largest absolute Gasteiger partial charge is 0.327 e. The van der Waals surface area contributed by atoms with Gasteiger partial charge >= 0.3 is 0 Å². The van der Waals surface area contributed by atoms with E-state index in [1.807, 2.05) is 0 Å². The van der Waals surface area contributed by atoms with Crippen molar-refractivity contribution in [2.75, 3.05) is 12.0 Å². The van der Waals surface area contributed by atoms with E-state index in [-0.39, 0.29) is 11.8 Å². The minimum atomic E-state index is -2.85. The quantitative estimate of drug-likeness (QED) is 0.808. The van der Waals surface area contributed by atoms with Crippen molar-refractivity contribution in [3.8, 4) is 0 Å². The predicted molar refractivity (Wildman–Crippen MR) is 68.0 cm³/mol. The number of hydrogen-bond acceptors (Lipinski definition) is 3. The lowest BCUT2D eigenvalue weighted by Crippen LogP contribution is -2.34. The van der Waals surface area contributed by atoms with E-state index in [1.54, 1.807) is 0 Å². The molecule has 1 aliphatic rings. The van der Waals surface area contributed by atoms with Crippen LogP contribution in [-0.4, -0.2) is 26.5 Å². The maximum absolute atomic E-state index is 11.1. The predicted octanol–water partition coefficient (Wildman–Crippen LogP) is 1.96. The molecule has 1 aliphatic carbocycles. The summed E-state index contributed by atoms with van der Waals surface area (Å²) in [4.78, 5) is 0. The van der Waals surface area contributed by atoms with Crippen molar-refractivity contribution < 1.29 is 8.42 Å². The molecular formula is C12H25NO2S. The molecule has 1 rings (SSSR count). The van der Waals surface area contributed by atoms with Gasteiger partial charge in [-0.05, 0) is 31.1 Å². The monoisotopic (exact) mass is 247 g/mol. The van der Waals surface area contributed by atoms with Gasteiger partial charge in [0, 0.05) is 12.3 Å². The molecule has 0 spiro atoms. The third kappa shape index (κ3) is 4.83. The van der Waals surface area contributed by atoms with Crippen molar-refractivity contribution in [3.63, 3.8) is 0 Å². The summed E-state index contributed by atoms with van der Waals surface area (Å²) < 4.78 is 22.1. The highest BCUT2D eigenvalue weighted by atomic mass is 32.2. The summed E-state index contributed by atoms with van der Waals surface area (Å²) in [5.74, 6) is 1.66. The highest BCUT2D eigenvalue weighted by Crippen LogP contribution is 2.32. The van der Waals surface area contributed by atoms with Crippen molar-refractivity contribution >= 4 is 9.84 Å². The standard InChI is InChI=1S/C12H25NO2S/c1-3-10-4-6-11(7-5-10)12(13)8-9-16(2,14)15/h10-12H,3-9,13H2,1-2H3. The van der Waals surface area contributed by atoms with Crippen LogP contribution in [0.1, 0.15) is 45.4 Å². The zero-order valence-corrected chi connectivity index (χ0v) is 11.3. The molecule has 96 valence electrons. The SMILES string of the molecule is CCC1CCC(C(N)CCS(C)(=O)=O)CC1. The fourth-order valence-corrected chi connectivity index (χ4v) is 3.31. The normalized spacial score (nSPS) is 28.9. The Labute approximate surface area is 99.7 Å². The van der Waals surface area contributed by atoms with Gasteiger partial charge in [-0.15, -0.1) is 0 Å². The van der Waals surface area contributed by atoms with Crippen LogP contribution in [-0.2, 0) is 9.84 Å². The molecule has 0 aromatic rings. The van der Waals surface area contributed by atoms with Crippen LogP contribution in [0.3, 0.4) is 0 Å². The van der Waals surface area contributed by atoms with E-state index in [4.69, 9.17) is 5.73 Å². The van der Waals surface area contributed by atoms with E-state index in [1.165, 1.54) is 38.4 Å². The molecule has 1 saturated carbocycles. The van der Waals surface area contributed by atoms with E-state index in [9.17, 15) is 8.42 Å². The van der Waals surface area contributed by atoms with Gasteiger partial charge in [-0.25, -0.2) is 8.42 Å². The highest BCUT2D eigenvalue weighted by molar-refractivity contribution is 7.90. The van der Waals surface area contributed by atoms with Gasteiger partial charge in [0.15, 0.2) is 0 Å². The molecule has 3 nitrogen and oxygen atoms in total. The summed E-state index contributed by atoms with van der Waals surface area (Å²) in [5, 5.41) is 0. The molecule has 2 N–H and O–H groups in total. The maximum Gasteiger partial charge on any atom is 0.147 e. The lowest BCUT2D eigenvalue weighted by Gasteiger charge is -2.31. The molecule has 0 aliphatic heterocycles. The van der Waals surface area contributed by atoms with Crippen LogP contribution in [0.25, 0.3) is 0 Å². The molecule has 0 saturated heterocycles. The van der Waals surface area contributed by atoms with E-state index in [0.29, 0.717) is 12.3 Å². The van der Waals surface area contributed by atoms with Gasteiger partial charge in [-0.1, -0.05) is 26.2 Å². The Morgan fingerprint density at radius 1 is 1.25 bits per heavy atom. The number of hydrogen-bond donors (Lipinski definition) is 1. The fraction of sp³-hybridized carbons (Fsp3) is 1.00. The van der Waals surface area contributed by atoms with Crippen LogP contribution in [0.2, 0.25) is 0 Å². The van der Waals surface area contributed by atoms with Crippen molar-refractivity contribution in [2.45, 2.75) is 51.5 Å². The fourth-order valence-electron chi connectivity index (χ4n) is 2.61. The van der Waals surface area contributed by atoms with Crippen LogP contribution in [0.15, 0.2) is 0 Å². The van der Waals surface area contributed by atoms with E-state index in [0.717, 1.165) is 5.92 Å². The zero-order valence-electron chi connectivity index (χ0n) is 10.5. The third-order valence-corrected chi connectivity index (χ3v) is 4.87. The van der Waals surface area contributed by atoms with Crippen LogP contribution >= 0.6 is 0 Å². The second-order valence-electron chi connectivity index (χ2n) is 5.27. The van der Waals surface area contributed by atoms with Crippen molar-refractivity contribution in [2.24, 2.45) is 17.6 Å². The van der Waals surface area contributed by atoms with E-state index in [2.05, 4.69) is 6.92 Å². The van der Waals surface area contributed by atoms with Gasteiger partial charge in [0.2, 0.25) is 0 Å². The van der Waals surface area contributed by atoms with Crippen LogP contribution in [0.4, 0.5) is 0 Å². The van der Waals surface area contributed by atoms with Gasteiger partial charge in [-0.2, -0.15) is 0 Å². The lowest BCUT2D eigenvalue weighted by molar-refractivity contribution is 0.236. The average molecular weight is 247 g/mol. The van der Waals surface area contributed by atoms with Crippen molar-refractivity contribution in [3.05, 3.63) is 0 Å². The van der Waals surface area contributed by atoms with Crippen LogP contribution in [0.5, 0.6) is 0 Å². The molecule has 0 aromatic carbocycles. The van der Waals surface area contributed by atoms with Gasteiger partial charge in [-0.3, -0.25) is 0 Å². The van der Waals surface area contributed by atoms with Gasteiger partial charge in [0.25, 0.3) is 0 Å². The molecule has 16 heavy (non-hydrogen) atoms. The first-order valence-electron chi connectivity index (χ1n) is 6.35. The van der Waals surface area contributed by atoms with Crippen molar-refractivity contribution in [1.29, 1.82) is 0 Å². The first kappa shape index (κ1) is 14.0. The van der Waals surface area contributed by atoms with Gasteiger partial charge < -0.3 is 5.73 Å². The minimum absolute atomic E-state index is 0.0764. The Bertz CT molecular complexity index is 292. The summed E-state index contributed by atoms with van der Waals surface area (Å²) in [7, 11) is -2.85. The Balaban J connectivity index is 2.30. The summed E-state index contributed by atoms with van der Waals surface area (Å²) >= 11 is 0. The summed E-state index contributed by atoms with van der Waals surface area (Å²) in [6.07, 6.45) is 8.09. The number of nitrogens with two attached hydrogens (primary N) is 1. The van der Waals surface area contributed by atoms with E-state index >= 15 is 0 Å². The lowest BCUT2D eigenvalue weighted by atomic mass is 9.77. The summed E-state index contributed by atoms with van der Waals surface area (Å²) in [5.41, 5.74) is 6.08. The maximum atomic E-state index is 11.1. The second-order valence-corrected chi connectivity index (χ2v) is 7.53. The minimum Gasteiger partial charge on any atom is -0.327 e. The smallest absolute Gasteiger partial charge is 0.147 e. The molecule has 1 atom stereocenters. The Morgan fingerprint density at radius 3 is 2.25 bits per heavy atom. The van der Waals surface area contributed by atoms with E-state index < -0.39 is 9.84 Å². The molecule has 0 bridgehead atoms. The molecular weight excluding hydrogens is 222 g/mol. The van der Waals surface area contributed by atoms with Crippen LogP contribution in [0, 0.1) is 11.8 Å². The number of sulfone groups is 1. The van der Waals surface area contributed by atoms with Gasteiger partial charge in [0.1, 0.15) is 9.84 Å². The molecule has 1 unspecified atom stereocenters. The summed E-state index contributed by atoms with van der Waals surface area (Å²) in [6.45, 7) is 2.24. The molecule has 0 heterocycles. The summed E-state index contributed by atoms with van der Waals surface area (Å²) in [6, 6.07) is 0.0764. The van der Waals surface area contributed by atoms with Crippen LogP contribution < -0.4 is 5.73 Å². The molecule has 1 fully saturated rings. The van der Waals surface area contributed by atoms with Crippen molar-refractivity contribution in [1.82, 2.24) is 0 Å². The molecule has 0 radical (unpaired) electrons. The Kier molecular flexibility index (Phi) is 5.25. The molecule has 0 amide bonds. The van der Waals surface area contributed by atoms with Gasteiger partial charge in [0.05, 0.1) is 5.75 Å². The Hall–Kier alpha value is -0.0900. The highest BCUT2D eigenvalue weighted by Gasteiger charge is 2.25. The number of rotatable bonds is 5. The Morgan fingerprint density at radius 2 is 1.81 bits per heavy atom. The molecule has 4 heteroatoms.